The van der Waals surface area contributed by atoms with Crippen LogP contribution in [0.3, 0.4) is 0 Å². The maximum atomic E-state index is 5.61. The van der Waals surface area contributed by atoms with Crippen LogP contribution in [-0.4, -0.2) is 26.3 Å². The lowest BCUT2D eigenvalue weighted by Gasteiger charge is -2.25. The van der Waals surface area contributed by atoms with Gasteiger partial charge in [-0.1, -0.05) is 26.2 Å². The SMILES string of the molecule is CCNCC1CCCCCC1COCC. The van der Waals surface area contributed by atoms with Crippen molar-refractivity contribution in [3.8, 4) is 0 Å². The average Bonchev–Trinajstić information content (AvgIpc) is 2.48. The minimum Gasteiger partial charge on any atom is -0.381 e. The van der Waals surface area contributed by atoms with Gasteiger partial charge in [-0.3, -0.25) is 0 Å². The number of hydrogen-bond donors (Lipinski definition) is 1. The second-order valence-corrected chi connectivity index (χ2v) is 4.63. The molecule has 1 rings (SSSR count). The summed E-state index contributed by atoms with van der Waals surface area (Å²) in [5.41, 5.74) is 0. The van der Waals surface area contributed by atoms with Gasteiger partial charge in [0.25, 0.3) is 0 Å². The second-order valence-electron chi connectivity index (χ2n) is 4.63. The van der Waals surface area contributed by atoms with Crippen LogP contribution in [0.25, 0.3) is 0 Å². The molecule has 2 unspecified atom stereocenters. The summed E-state index contributed by atoms with van der Waals surface area (Å²) in [6.45, 7) is 8.41. The van der Waals surface area contributed by atoms with Gasteiger partial charge in [0.1, 0.15) is 0 Å². The first-order valence-corrected chi connectivity index (χ1v) is 6.66. The first kappa shape index (κ1) is 13.0. The van der Waals surface area contributed by atoms with Gasteiger partial charge in [-0.05, 0) is 44.7 Å². The Bertz CT molecular complexity index is 133. The van der Waals surface area contributed by atoms with Crippen molar-refractivity contribution in [3.05, 3.63) is 0 Å². The lowest BCUT2D eigenvalue weighted by Crippen LogP contribution is -2.30. The van der Waals surface area contributed by atoms with E-state index in [1.54, 1.807) is 0 Å². The number of ether oxygens (including phenoxy) is 1. The summed E-state index contributed by atoms with van der Waals surface area (Å²) in [6, 6.07) is 0. The molecular formula is C13H27NO. The molecule has 1 saturated carbocycles. The molecule has 1 aliphatic carbocycles. The summed E-state index contributed by atoms with van der Waals surface area (Å²) in [5.74, 6) is 1.64. The molecule has 0 aromatic heterocycles. The van der Waals surface area contributed by atoms with E-state index in [4.69, 9.17) is 4.74 Å². The highest BCUT2D eigenvalue weighted by Crippen LogP contribution is 2.28. The molecular weight excluding hydrogens is 186 g/mol. The van der Waals surface area contributed by atoms with Gasteiger partial charge >= 0.3 is 0 Å². The summed E-state index contributed by atoms with van der Waals surface area (Å²) < 4.78 is 5.61. The first-order valence-electron chi connectivity index (χ1n) is 6.66. The molecule has 2 nitrogen and oxygen atoms in total. The van der Waals surface area contributed by atoms with E-state index >= 15 is 0 Å². The van der Waals surface area contributed by atoms with Crippen molar-refractivity contribution in [1.29, 1.82) is 0 Å². The van der Waals surface area contributed by atoms with E-state index < -0.39 is 0 Å². The molecule has 1 fully saturated rings. The van der Waals surface area contributed by atoms with E-state index in [1.165, 1.54) is 38.6 Å². The Hall–Kier alpha value is -0.0800. The molecule has 0 heterocycles. The van der Waals surface area contributed by atoms with Crippen molar-refractivity contribution in [3.63, 3.8) is 0 Å². The van der Waals surface area contributed by atoms with E-state index in [0.29, 0.717) is 0 Å². The van der Waals surface area contributed by atoms with Crippen LogP contribution in [0.5, 0.6) is 0 Å². The predicted molar refractivity (Wildman–Crippen MR) is 65.1 cm³/mol. The van der Waals surface area contributed by atoms with Crippen LogP contribution < -0.4 is 5.32 Å². The Morgan fingerprint density at radius 1 is 1.07 bits per heavy atom. The lowest BCUT2D eigenvalue weighted by atomic mass is 9.88. The van der Waals surface area contributed by atoms with Crippen molar-refractivity contribution >= 4 is 0 Å². The van der Waals surface area contributed by atoms with Crippen LogP contribution in [0, 0.1) is 11.8 Å². The highest BCUT2D eigenvalue weighted by molar-refractivity contribution is 4.75. The van der Waals surface area contributed by atoms with Gasteiger partial charge in [-0.2, -0.15) is 0 Å². The molecule has 1 aliphatic rings. The molecule has 90 valence electrons. The topological polar surface area (TPSA) is 21.3 Å². The molecule has 0 aliphatic heterocycles. The number of hydrogen-bond acceptors (Lipinski definition) is 2. The van der Waals surface area contributed by atoms with Crippen LogP contribution in [0.15, 0.2) is 0 Å². The largest absolute Gasteiger partial charge is 0.381 e. The lowest BCUT2D eigenvalue weighted by molar-refractivity contribution is 0.0818. The summed E-state index contributed by atoms with van der Waals surface area (Å²) in [4.78, 5) is 0. The van der Waals surface area contributed by atoms with Gasteiger partial charge < -0.3 is 10.1 Å². The van der Waals surface area contributed by atoms with Gasteiger partial charge in [0.15, 0.2) is 0 Å². The summed E-state index contributed by atoms with van der Waals surface area (Å²) >= 11 is 0. The Kier molecular flexibility index (Phi) is 7.03. The van der Waals surface area contributed by atoms with E-state index in [1.807, 2.05) is 0 Å². The maximum Gasteiger partial charge on any atom is 0.0497 e. The second kappa shape index (κ2) is 8.12. The number of nitrogens with one attached hydrogen (secondary N) is 1. The normalized spacial score (nSPS) is 27.6. The fraction of sp³-hybridized carbons (Fsp3) is 1.00. The van der Waals surface area contributed by atoms with E-state index in [0.717, 1.165) is 31.6 Å². The third-order valence-electron chi connectivity index (χ3n) is 3.51. The smallest absolute Gasteiger partial charge is 0.0497 e. The van der Waals surface area contributed by atoms with Crippen LogP contribution in [-0.2, 0) is 4.74 Å². The van der Waals surface area contributed by atoms with Crippen LogP contribution >= 0.6 is 0 Å². The highest BCUT2D eigenvalue weighted by atomic mass is 16.5. The molecule has 0 saturated heterocycles. The van der Waals surface area contributed by atoms with Crippen molar-refractivity contribution in [2.75, 3.05) is 26.3 Å². The Morgan fingerprint density at radius 2 is 1.80 bits per heavy atom. The van der Waals surface area contributed by atoms with Gasteiger partial charge in [-0.25, -0.2) is 0 Å². The van der Waals surface area contributed by atoms with Crippen LogP contribution in [0.2, 0.25) is 0 Å². The minimum atomic E-state index is 0.798. The Labute approximate surface area is 94.8 Å². The van der Waals surface area contributed by atoms with Crippen LogP contribution in [0.1, 0.15) is 46.0 Å². The minimum absolute atomic E-state index is 0.798. The maximum absolute atomic E-state index is 5.61. The third kappa shape index (κ3) is 4.98. The molecule has 0 amide bonds. The molecule has 0 spiro atoms. The van der Waals surface area contributed by atoms with E-state index in [-0.39, 0.29) is 0 Å². The Morgan fingerprint density at radius 3 is 2.47 bits per heavy atom. The van der Waals surface area contributed by atoms with Gasteiger partial charge in [-0.15, -0.1) is 0 Å². The summed E-state index contributed by atoms with van der Waals surface area (Å²) in [6.07, 6.45) is 7.01. The molecule has 0 bridgehead atoms. The average molecular weight is 213 g/mol. The van der Waals surface area contributed by atoms with E-state index in [9.17, 15) is 0 Å². The zero-order valence-electron chi connectivity index (χ0n) is 10.4. The summed E-state index contributed by atoms with van der Waals surface area (Å²) in [7, 11) is 0. The predicted octanol–water partition coefficient (Wildman–Crippen LogP) is 2.83. The third-order valence-corrected chi connectivity index (χ3v) is 3.51. The molecule has 0 radical (unpaired) electrons. The van der Waals surface area contributed by atoms with Gasteiger partial charge in [0, 0.05) is 13.2 Å². The fourth-order valence-corrected chi connectivity index (χ4v) is 2.55. The Balaban J connectivity index is 2.35. The van der Waals surface area contributed by atoms with Crippen molar-refractivity contribution in [2.45, 2.75) is 46.0 Å². The van der Waals surface area contributed by atoms with Crippen molar-refractivity contribution < 1.29 is 4.74 Å². The first-order chi connectivity index (χ1) is 7.38. The highest BCUT2D eigenvalue weighted by Gasteiger charge is 2.23. The molecule has 2 atom stereocenters. The van der Waals surface area contributed by atoms with Gasteiger partial charge in [0.2, 0.25) is 0 Å². The van der Waals surface area contributed by atoms with Gasteiger partial charge in [0.05, 0.1) is 0 Å². The monoisotopic (exact) mass is 213 g/mol. The quantitative estimate of drug-likeness (QED) is 0.685. The molecule has 0 aromatic rings. The molecule has 2 heteroatoms. The molecule has 1 N–H and O–H groups in total. The molecule has 15 heavy (non-hydrogen) atoms. The molecule has 0 aromatic carbocycles. The van der Waals surface area contributed by atoms with Crippen LogP contribution in [0.4, 0.5) is 0 Å². The van der Waals surface area contributed by atoms with E-state index in [2.05, 4.69) is 19.2 Å². The zero-order chi connectivity index (χ0) is 10.9. The fourth-order valence-electron chi connectivity index (χ4n) is 2.55. The van der Waals surface area contributed by atoms with Crippen molar-refractivity contribution in [2.24, 2.45) is 11.8 Å². The zero-order valence-corrected chi connectivity index (χ0v) is 10.4. The standard InChI is InChI=1S/C13H27NO/c1-3-14-10-12-8-6-5-7-9-13(12)11-15-4-2/h12-14H,3-11H2,1-2H3. The number of rotatable bonds is 6. The summed E-state index contributed by atoms with van der Waals surface area (Å²) in [5, 5.41) is 3.50. The van der Waals surface area contributed by atoms with Crippen molar-refractivity contribution in [1.82, 2.24) is 5.32 Å².